The Kier molecular flexibility index (Phi) is 6.72. The molecule has 5 nitrogen and oxygen atoms in total. The molecule has 2 amide bonds. The molecule has 0 spiro atoms. The number of piperidine rings is 1. The van der Waals surface area contributed by atoms with Gasteiger partial charge in [0, 0.05) is 43.3 Å². The zero-order valence-electron chi connectivity index (χ0n) is 17.3. The number of carbonyl (C=O) groups is 1. The Morgan fingerprint density at radius 2 is 1.76 bits per heavy atom. The third-order valence-electron chi connectivity index (χ3n) is 6.27. The monoisotopic (exact) mass is 412 g/mol. The second kappa shape index (κ2) is 9.63. The molecule has 0 saturated carbocycles. The van der Waals surface area contributed by atoms with Crippen LogP contribution in [0, 0.1) is 5.92 Å². The lowest BCUT2D eigenvalue weighted by molar-refractivity contribution is 0.134. The summed E-state index contributed by atoms with van der Waals surface area (Å²) in [7, 11) is 0. The fraction of sp³-hybridized carbons (Fsp3) is 0.522. The standard InChI is InChI=1S/C23H32N4OS/c1-19-9-11-26(12-10-19)21(22-8-5-17-29-22)18-24-23(28)27-15-13-25(14-16-27)20-6-3-2-4-7-20/h2-8,17,19,21H,9-16,18H2,1H3,(H,24,28)/t21-/m1/s1. The van der Waals surface area contributed by atoms with Crippen LogP contribution in [0.5, 0.6) is 0 Å². The molecule has 2 aromatic rings. The SMILES string of the molecule is CC1CCN([C@H](CNC(=O)N2CCN(c3ccccc3)CC2)c2cccs2)CC1. The van der Waals surface area contributed by atoms with Crippen LogP contribution < -0.4 is 10.2 Å². The molecule has 4 rings (SSSR count). The van der Waals surface area contributed by atoms with E-state index in [0.717, 1.165) is 45.2 Å². The third-order valence-corrected chi connectivity index (χ3v) is 7.24. The Morgan fingerprint density at radius 1 is 1.03 bits per heavy atom. The summed E-state index contributed by atoms with van der Waals surface area (Å²) in [6.45, 7) is 8.58. The van der Waals surface area contributed by atoms with Crippen molar-refractivity contribution in [1.29, 1.82) is 0 Å². The zero-order valence-corrected chi connectivity index (χ0v) is 18.1. The van der Waals surface area contributed by atoms with E-state index >= 15 is 0 Å². The van der Waals surface area contributed by atoms with Crippen molar-refractivity contribution in [3.8, 4) is 0 Å². The maximum Gasteiger partial charge on any atom is 0.317 e. The smallest absolute Gasteiger partial charge is 0.317 e. The molecule has 3 heterocycles. The number of para-hydroxylation sites is 1. The highest BCUT2D eigenvalue weighted by Crippen LogP contribution is 2.29. The van der Waals surface area contributed by atoms with E-state index in [1.807, 2.05) is 11.0 Å². The second-order valence-corrected chi connectivity index (χ2v) is 9.22. The molecule has 2 aliphatic rings. The average molecular weight is 413 g/mol. The number of nitrogens with one attached hydrogen (secondary N) is 1. The lowest BCUT2D eigenvalue weighted by Gasteiger charge is -2.38. The highest BCUT2D eigenvalue weighted by Gasteiger charge is 2.27. The van der Waals surface area contributed by atoms with Crippen molar-refractivity contribution in [2.75, 3.05) is 50.7 Å². The van der Waals surface area contributed by atoms with Crippen LogP contribution in [0.15, 0.2) is 47.8 Å². The van der Waals surface area contributed by atoms with Crippen molar-refractivity contribution in [1.82, 2.24) is 15.1 Å². The Balaban J connectivity index is 1.30. The van der Waals surface area contributed by atoms with Crippen LogP contribution in [0.2, 0.25) is 0 Å². The van der Waals surface area contributed by atoms with Crippen LogP contribution in [0.3, 0.4) is 0 Å². The van der Waals surface area contributed by atoms with Gasteiger partial charge in [0.15, 0.2) is 0 Å². The molecular weight excluding hydrogens is 380 g/mol. The van der Waals surface area contributed by atoms with Gasteiger partial charge in [0.05, 0.1) is 6.04 Å². The van der Waals surface area contributed by atoms with E-state index < -0.39 is 0 Å². The molecule has 2 fully saturated rings. The van der Waals surface area contributed by atoms with Crippen molar-refractivity contribution in [2.45, 2.75) is 25.8 Å². The van der Waals surface area contributed by atoms with Crippen LogP contribution in [-0.2, 0) is 0 Å². The highest BCUT2D eigenvalue weighted by atomic mass is 32.1. The van der Waals surface area contributed by atoms with E-state index in [9.17, 15) is 4.79 Å². The molecule has 2 saturated heterocycles. The number of nitrogens with zero attached hydrogens (tertiary/aromatic N) is 3. The Bertz CT molecular complexity index is 750. The number of likely N-dealkylation sites (tertiary alicyclic amines) is 1. The maximum atomic E-state index is 12.8. The fourth-order valence-corrected chi connectivity index (χ4v) is 5.19. The molecule has 29 heavy (non-hydrogen) atoms. The van der Waals surface area contributed by atoms with Crippen molar-refractivity contribution >= 4 is 23.1 Å². The molecule has 1 atom stereocenters. The van der Waals surface area contributed by atoms with Crippen molar-refractivity contribution in [3.63, 3.8) is 0 Å². The fourth-order valence-electron chi connectivity index (χ4n) is 4.33. The minimum Gasteiger partial charge on any atom is -0.368 e. The first kappa shape index (κ1) is 20.2. The quantitative estimate of drug-likeness (QED) is 0.805. The molecule has 6 heteroatoms. The molecule has 0 unspecified atom stereocenters. The van der Waals surface area contributed by atoms with Gasteiger partial charge in [-0.15, -0.1) is 11.3 Å². The van der Waals surface area contributed by atoms with E-state index in [1.165, 1.54) is 23.4 Å². The molecule has 0 aliphatic carbocycles. The summed E-state index contributed by atoms with van der Waals surface area (Å²) < 4.78 is 0. The van der Waals surface area contributed by atoms with E-state index in [4.69, 9.17) is 0 Å². The van der Waals surface area contributed by atoms with Crippen molar-refractivity contribution in [2.24, 2.45) is 5.92 Å². The van der Waals surface area contributed by atoms with Gasteiger partial charge in [-0.1, -0.05) is 31.2 Å². The number of thiophene rings is 1. The summed E-state index contributed by atoms with van der Waals surface area (Å²) in [5, 5.41) is 5.38. The molecule has 156 valence electrons. The van der Waals surface area contributed by atoms with E-state index in [2.05, 4.69) is 63.8 Å². The summed E-state index contributed by atoms with van der Waals surface area (Å²) >= 11 is 1.80. The average Bonchev–Trinajstić information content (AvgIpc) is 3.30. The number of benzene rings is 1. The number of piperazine rings is 1. The van der Waals surface area contributed by atoms with Gasteiger partial charge in [-0.3, -0.25) is 4.90 Å². The number of hydrogen-bond acceptors (Lipinski definition) is 4. The van der Waals surface area contributed by atoms with Gasteiger partial charge in [-0.25, -0.2) is 4.79 Å². The number of carbonyl (C=O) groups excluding carboxylic acids is 1. The third kappa shape index (κ3) is 5.11. The van der Waals surface area contributed by atoms with E-state index in [-0.39, 0.29) is 12.1 Å². The van der Waals surface area contributed by atoms with Crippen molar-refractivity contribution in [3.05, 3.63) is 52.7 Å². The van der Waals surface area contributed by atoms with Crippen LogP contribution in [-0.4, -0.2) is 61.6 Å². The molecule has 0 bridgehead atoms. The summed E-state index contributed by atoms with van der Waals surface area (Å²) in [6, 6.07) is 15.1. The first-order chi connectivity index (χ1) is 14.2. The lowest BCUT2D eigenvalue weighted by Crippen LogP contribution is -2.53. The number of urea groups is 1. The zero-order chi connectivity index (χ0) is 20.1. The summed E-state index contributed by atoms with van der Waals surface area (Å²) in [5.41, 5.74) is 1.24. The van der Waals surface area contributed by atoms with Crippen LogP contribution in [0.25, 0.3) is 0 Å². The van der Waals surface area contributed by atoms with Crippen molar-refractivity contribution < 1.29 is 4.79 Å². The summed E-state index contributed by atoms with van der Waals surface area (Å²) in [4.78, 5) is 21.1. The van der Waals surface area contributed by atoms with Gasteiger partial charge in [-0.05, 0) is 55.4 Å². The predicted molar refractivity (Wildman–Crippen MR) is 121 cm³/mol. The first-order valence-electron chi connectivity index (χ1n) is 10.8. The van der Waals surface area contributed by atoms with Gasteiger partial charge in [0.25, 0.3) is 0 Å². The molecule has 0 radical (unpaired) electrons. The van der Waals surface area contributed by atoms with Gasteiger partial charge in [0.1, 0.15) is 0 Å². The summed E-state index contributed by atoms with van der Waals surface area (Å²) in [5.74, 6) is 0.811. The first-order valence-corrected chi connectivity index (χ1v) is 11.7. The van der Waals surface area contributed by atoms with Crippen LogP contribution in [0.4, 0.5) is 10.5 Å². The molecule has 1 N–H and O–H groups in total. The van der Waals surface area contributed by atoms with Crippen LogP contribution >= 0.6 is 11.3 Å². The molecule has 1 aromatic heterocycles. The highest BCUT2D eigenvalue weighted by molar-refractivity contribution is 7.10. The van der Waals surface area contributed by atoms with Gasteiger partial charge in [-0.2, -0.15) is 0 Å². The Labute approximate surface area is 178 Å². The largest absolute Gasteiger partial charge is 0.368 e. The number of rotatable bonds is 5. The number of anilines is 1. The molecule has 2 aliphatic heterocycles. The Morgan fingerprint density at radius 3 is 2.41 bits per heavy atom. The predicted octanol–water partition coefficient (Wildman–Crippen LogP) is 4.05. The minimum atomic E-state index is 0.0737. The Hall–Kier alpha value is -2.05. The molecular formula is C23H32N4OS. The lowest BCUT2D eigenvalue weighted by atomic mass is 9.97. The maximum absolute atomic E-state index is 12.8. The number of hydrogen-bond donors (Lipinski definition) is 1. The molecule has 1 aromatic carbocycles. The van der Waals surface area contributed by atoms with Gasteiger partial charge >= 0.3 is 6.03 Å². The topological polar surface area (TPSA) is 38.8 Å². The van der Waals surface area contributed by atoms with E-state index in [0.29, 0.717) is 6.54 Å². The van der Waals surface area contributed by atoms with Crippen LogP contribution in [0.1, 0.15) is 30.7 Å². The van der Waals surface area contributed by atoms with Gasteiger partial charge in [0.2, 0.25) is 0 Å². The normalized spacial score (nSPS) is 19.9. The van der Waals surface area contributed by atoms with Gasteiger partial charge < -0.3 is 15.1 Å². The minimum absolute atomic E-state index is 0.0737. The van der Waals surface area contributed by atoms with E-state index in [1.54, 1.807) is 11.3 Å². The summed E-state index contributed by atoms with van der Waals surface area (Å²) in [6.07, 6.45) is 2.49. The number of amides is 2. The second-order valence-electron chi connectivity index (χ2n) is 8.25.